The third-order valence-electron chi connectivity index (χ3n) is 0.400. The van der Waals surface area contributed by atoms with E-state index in [4.69, 9.17) is 20.8 Å². The smallest absolute Gasteiger partial charge is 0.0877 e. The predicted octanol–water partition coefficient (Wildman–Crippen LogP) is -0.190. The minimum Gasteiger partial charge on any atom is -0.411 e. The molecule has 0 aromatic rings. The molecule has 13 heavy (non-hydrogen) atoms. The van der Waals surface area contributed by atoms with Crippen LogP contribution in [-0.2, 0) is 19.5 Å². The molecule has 0 fully saturated rings. The van der Waals surface area contributed by atoms with E-state index in [1.165, 1.54) is 0 Å². The Hall–Kier alpha value is -1.50. The van der Waals surface area contributed by atoms with E-state index >= 15 is 0 Å². The van der Waals surface area contributed by atoms with Crippen molar-refractivity contribution in [3.8, 4) is 0 Å². The van der Waals surface area contributed by atoms with E-state index in [9.17, 15) is 0 Å². The molecule has 0 atom stereocenters. The van der Waals surface area contributed by atoms with E-state index in [2.05, 4.69) is 20.6 Å². The van der Waals surface area contributed by atoms with Gasteiger partial charge in [0.15, 0.2) is 0 Å². The second-order valence-electron chi connectivity index (χ2n) is 1.06. The number of nitrogens with zero attached hydrogens (tertiary/aromatic N) is 4. The molecule has 0 unspecified atom stereocenters. The predicted molar refractivity (Wildman–Crippen MR) is 41.1 cm³/mol. The SMILES string of the molecule is ON=CC=NO.ON=CC=NO.[Zn]. The van der Waals surface area contributed by atoms with Gasteiger partial charge in [-0.15, -0.1) is 0 Å². The van der Waals surface area contributed by atoms with Gasteiger partial charge in [0, 0.05) is 19.5 Å². The fraction of sp³-hybridized carbons (Fsp3) is 0. The Morgan fingerprint density at radius 1 is 0.538 bits per heavy atom. The largest absolute Gasteiger partial charge is 0.411 e. The van der Waals surface area contributed by atoms with Gasteiger partial charge in [0.25, 0.3) is 0 Å². The molecule has 0 saturated carbocycles. The minimum absolute atomic E-state index is 0. The zero-order valence-corrected chi connectivity index (χ0v) is 9.56. The Morgan fingerprint density at radius 3 is 0.769 bits per heavy atom. The van der Waals surface area contributed by atoms with Gasteiger partial charge in [-0.1, -0.05) is 20.6 Å². The van der Waals surface area contributed by atoms with E-state index in [1.807, 2.05) is 0 Å². The third-order valence-corrected chi connectivity index (χ3v) is 0.400. The fourth-order valence-corrected chi connectivity index (χ4v) is 0.119. The van der Waals surface area contributed by atoms with Gasteiger partial charge in [0.1, 0.15) is 0 Å². The van der Waals surface area contributed by atoms with Crippen LogP contribution in [0.1, 0.15) is 0 Å². The van der Waals surface area contributed by atoms with Crippen molar-refractivity contribution in [2.45, 2.75) is 0 Å². The van der Waals surface area contributed by atoms with E-state index in [1.54, 1.807) is 0 Å². The van der Waals surface area contributed by atoms with Gasteiger partial charge in [-0.2, -0.15) is 0 Å². The summed E-state index contributed by atoms with van der Waals surface area (Å²) in [6.45, 7) is 0. The van der Waals surface area contributed by atoms with Gasteiger partial charge < -0.3 is 20.8 Å². The van der Waals surface area contributed by atoms with Crippen molar-refractivity contribution in [3.63, 3.8) is 0 Å². The van der Waals surface area contributed by atoms with Crippen molar-refractivity contribution in [1.82, 2.24) is 0 Å². The molecule has 0 aliphatic rings. The van der Waals surface area contributed by atoms with Gasteiger partial charge >= 0.3 is 0 Å². The number of rotatable bonds is 2. The molecule has 0 saturated heterocycles. The summed E-state index contributed by atoms with van der Waals surface area (Å²) in [6, 6.07) is 0. The maximum Gasteiger partial charge on any atom is 0.0877 e. The molecule has 0 aliphatic carbocycles. The van der Waals surface area contributed by atoms with Gasteiger partial charge in [-0.3, -0.25) is 0 Å². The molecule has 0 bridgehead atoms. The van der Waals surface area contributed by atoms with Gasteiger partial charge in [0.05, 0.1) is 24.9 Å². The molecule has 0 rings (SSSR count). The van der Waals surface area contributed by atoms with Gasteiger partial charge in [0.2, 0.25) is 0 Å². The summed E-state index contributed by atoms with van der Waals surface area (Å²) in [5.41, 5.74) is 0. The summed E-state index contributed by atoms with van der Waals surface area (Å²) >= 11 is 0. The topological polar surface area (TPSA) is 130 Å². The van der Waals surface area contributed by atoms with Crippen LogP contribution in [0.25, 0.3) is 0 Å². The molecule has 4 N–H and O–H groups in total. The first-order chi connectivity index (χ1) is 5.83. The monoisotopic (exact) mass is 240 g/mol. The molecule has 70 valence electrons. The van der Waals surface area contributed by atoms with E-state index in [0.717, 1.165) is 24.9 Å². The standard InChI is InChI=1S/2C2H4N2O2.Zn/c2*5-3-1-2-4-6;/h2*1-2,5-6H;. The van der Waals surface area contributed by atoms with Gasteiger partial charge in [-0.25, -0.2) is 0 Å². The molecule has 0 spiro atoms. The fourth-order valence-electron chi connectivity index (χ4n) is 0.119. The maximum absolute atomic E-state index is 7.56. The van der Waals surface area contributed by atoms with Gasteiger partial charge in [-0.05, 0) is 0 Å². The second-order valence-corrected chi connectivity index (χ2v) is 1.06. The Labute approximate surface area is 86.3 Å². The average Bonchev–Trinajstić information content (AvgIpc) is 2.12. The molecule has 8 nitrogen and oxygen atoms in total. The second kappa shape index (κ2) is 22.4. The number of hydrogen-bond donors (Lipinski definition) is 4. The quantitative estimate of drug-likeness (QED) is 0.231. The molecule has 0 amide bonds. The van der Waals surface area contributed by atoms with Crippen molar-refractivity contribution in [2.24, 2.45) is 20.6 Å². The maximum atomic E-state index is 7.56. The zero-order valence-electron chi connectivity index (χ0n) is 6.59. The number of oxime groups is 4. The first-order valence-corrected chi connectivity index (χ1v) is 2.50. The van der Waals surface area contributed by atoms with Crippen LogP contribution >= 0.6 is 0 Å². The van der Waals surface area contributed by atoms with E-state index in [0.29, 0.717) is 0 Å². The molecule has 0 heterocycles. The summed E-state index contributed by atoms with van der Waals surface area (Å²) < 4.78 is 0. The minimum atomic E-state index is 0. The Balaban J connectivity index is -0.000000143. The van der Waals surface area contributed by atoms with Crippen molar-refractivity contribution in [2.75, 3.05) is 0 Å². The normalized spacial score (nSPS) is 10.5. The summed E-state index contributed by atoms with van der Waals surface area (Å²) in [5, 5.41) is 40.2. The van der Waals surface area contributed by atoms with Crippen molar-refractivity contribution >= 4 is 24.9 Å². The summed E-state index contributed by atoms with van der Waals surface area (Å²) in [6.07, 6.45) is 3.78. The molecule has 9 heteroatoms. The molecule has 0 radical (unpaired) electrons. The zero-order chi connectivity index (χ0) is 9.66. The molecule has 0 aromatic carbocycles. The summed E-state index contributed by atoms with van der Waals surface area (Å²) in [7, 11) is 0. The van der Waals surface area contributed by atoms with Crippen LogP contribution in [0.3, 0.4) is 0 Å². The van der Waals surface area contributed by atoms with Crippen molar-refractivity contribution in [1.29, 1.82) is 0 Å². The molecule has 0 aliphatic heterocycles. The van der Waals surface area contributed by atoms with E-state index in [-0.39, 0.29) is 19.5 Å². The average molecular weight is 242 g/mol. The first-order valence-electron chi connectivity index (χ1n) is 2.50. The van der Waals surface area contributed by atoms with Crippen LogP contribution in [0.2, 0.25) is 0 Å². The third kappa shape index (κ3) is 37.4. The van der Waals surface area contributed by atoms with Crippen molar-refractivity contribution in [3.05, 3.63) is 0 Å². The van der Waals surface area contributed by atoms with Crippen LogP contribution in [0.4, 0.5) is 0 Å². The van der Waals surface area contributed by atoms with Crippen LogP contribution in [0.15, 0.2) is 20.6 Å². The molecular weight excluding hydrogens is 233 g/mol. The Kier molecular flexibility index (Phi) is 30.3. The summed E-state index contributed by atoms with van der Waals surface area (Å²) in [4.78, 5) is 0. The van der Waals surface area contributed by atoms with E-state index < -0.39 is 0 Å². The van der Waals surface area contributed by atoms with Crippen LogP contribution in [-0.4, -0.2) is 45.7 Å². The molecule has 0 aromatic heterocycles. The first kappa shape index (κ1) is 17.6. The number of hydrogen-bond acceptors (Lipinski definition) is 8. The summed E-state index contributed by atoms with van der Waals surface area (Å²) in [5.74, 6) is 0. The van der Waals surface area contributed by atoms with Crippen LogP contribution in [0.5, 0.6) is 0 Å². The van der Waals surface area contributed by atoms with Crippen LogP contribution < -0.4 is 0 Å². The van der Waals surface area contributed by atoms with Crippen molar-refractivity contribution < 1.29 is 40.3 Å². The Bertz CT molecular complexity index is 141. The molecular formula is C4H8N4O4Zn. The Morgan fingerprint density at radius 2 is 0.692 bits per heavy atom. The van der Waals surface area contributed by atoms with Crippen LogP contribution in [0, 0.1) is 0 Å².